The number of fused-ring (bicyclic) bond motifs is 1. The number of hydrogen-bond acceptors (Lipinski definition) is 3. The summed E-state index contributed by atoms with van der Waals surface area (Å²) in [5.41, 5.74) is 1.45. The van der Waals surface area contributed by atoms with Gasteiger partial charge in [-0.2, -0.15) is 0 Å². The van der Waals surface area contributed by atoms with Gasteiger partial charge in [-0.15, -0.1) is 0 Å². The molecule has 2 aromatic rings. The number of esters is 1. The molecule has 108 valence electrons. The molecule has 2 aromatic carbocycles. The van der Waals surface area contributed by atoms with Crippen molar-refractivity contribution in [2.45, 2.75) is 13.3 Å². The molecule has 0 saturated carbocycles. The Kier molecular flexibility index (Phi) is 4.38. The molecule has 0 fully saturated rings. The Hall–Kier alpha value is -2.62. The number of carboxylic acids is 1. The second-order valence-electron chi connectivity index (χ2n) is 4.79. The molecule has 0 aliphatic heterocycles. The van der Waals surface area contributed by atoms with Gasteiger partial charge in [-0.3, -0.25) is 0 Å². The van der Waals surface area contributed by atoms with Crippen LogP contribution in [-0.4, -0.2) is 23.7 Å². The lowest BCUT2D eigenvalue weighted by Gasteiger charge is -2.10. The molecule has 21 heavy (non-hydrogen) atoms. The molecule has 1 N–H and O–H groups in total. The van der Waals surface area contributed by atoms with Gasteiger partial charge in [0.05, 0.1) is 12.2 Å². The summed E-state index contributed by atoms with van der Waals surface area (Å²) in [6.45, 7) is 5.29. The van der Waals surface area contributed by atoms with Crippen LogP contribution in [0.5, 0.6) is 0 Å². The standard InChI is InChI=1S/C17H16O4/c1-11(2)17(20)21-10-9-13-6-3-5-12-7-4-8-14(15(12)13)16(18)19/h3-8H,1,9-10H2,2H3,(H,18,19). The van der Waals surface area contributed by atoms with Gasteiger partial charge in [0.25, 0.3) is 0 Å². The molecule has 0 unspecified atom stereocenters. The van der Waals surface area contributed by atoms with Gasteiger partial charge in [0, 0.05) is 12.0 Å². The Morgan fingerprint density at radius 3 is 2.48 bits per heavy atom. The minimum absolute atomic E-state index is 0.193. The van der Waals surface area contributed by atoms with Gasteiger partial charge in [-0.1, -0.05) is 36.9 Å². The Balaban J connectivity index is 2.29. The second kappa shape index (κ2) is 6.22. The highest BCUT2D eigenvalue weighted by Crippen LogP contribution is 2.23. The van der Waals surface area contributed by atoms with Crippen molar-refractivity contribution in [3.05, 3.63) is 59.7 Å². The van der Waals surface area contributed by atoms with Gasteiger partial charge < -0.3 is 9.84 Å². The first-order valence-electron chi connectivity index (χ1n) is 6.57. The van der Waals surface area contributed by atoms with E-state index in [0.29, 0.717) is 17.4 Å². The van der Waals surface area contributed by atoms with Crippen LogP contribution in [0.4, 0.5) is 0 Å². The van der Waals surface area contributed by atoms with Gasteiger partial charge in [-0.25, -0.2) is 9.59 Å². The summed E-state index contributed by atoms with van der Waals surface area (Å²) in [5.74, 6) is -1.40. The van der Waals surface area contributed by atoms with E-state index < -0.39 is 11.9 Å². The van der Waals surface area contributed by atoms with Crippen LogP contribution in [0.2, 0.25) is 0 Å². The van der Waals surface area contributed by atoms with Crippen LogP contribution in [0.25, 0.3) is 10.8 Å². The van der Waals surface area contributed by atoms with E-state index in [0.717, 1.165) is 10.9 Å². The molecule has 0 atom stereocenters. The fourth-order valence-electron chi connectivity index (χ4n) is 2.18. The summed E-state index contributed by atoms with van der Waals surface area (Å²) >= 11 is 0. The highest BCUT2D eigenvalue weighted by Gasteiger charge is 2.12. The van der Waals surface area contributed by atoms with E-state index in [2.05, 4.69) is 6.58 Å². The van der Waals surface area contributed by atoms with E-state index in [9.17, 15) is 14.7 Å². The fraction of sp³-hybridized carbons (Fsp3) is 0.176. The Bertz CT molecular complexity index is 711. The van der Waals surface area contributed by atoms with Gasteiger partial charge in [0.1, 0.15) is 0 Å². The molecule has 0 heterocycles. The summed E-state index contributed by atoms with van der Waals surface area (Å²) in [4.78, 5) is 22.7. The van der Waals surface area contributed by atoms with Crippen LogP contribution in [0, 0.1) is 0 Å². The second-order valence-corrected chi connectivity index (χ2v) is 4.79. The van der Waals surface area contributed by atoms with E-state index in [-0.39, 0.29) is 12.2 Å². The fourth-order valence-corrected chi connectivity index (χ4v) is 2.18. The molecule has 0 radical (unpaired) electrons. The SMILES string of the molecule is C=C(C)C(=O)OCCc1cccc2cccc(C(=O)O)c12. The number of rotatable bonds is 5. The first-order chi connectivity index (χ1) is 10.0. The lowest BCUT2D eigenvalue weighted by atomic mass is 9.97. The maximum Gasteiger partial charge on any atom is 0.336 e. The Labute approximate surface area is 122 Å². The van der Waals surface area contributed by atoms with E-state index >= 15 is 0 Å². The lowest BCUT2D eigenvalue weighted by molar-refractivity contribution is -0.138. The van der Waals surface area contributed by atoms with Crippen molar-refractivity contribution in [3.8, 4) is 0 Å². The molecule has 2 rings (SSSR count). The number of hydrogen-bond donors (Lipinski definition) is 1. The number of carbonyl (C=O) groups excluding carboxylic acids is 1. The first-order valence-corrected chi connectivity index (χ1v) is 6.57. The van der Waals surface area contributed by atoms with Crippen LogP contribution in [-0.2, 0) is 16.0 Å². The summed E-state index contributed by atoms with van der Waals surface area (Å²) in [6.07, 6.45) is 0.459. The van der Waals surface area contributed by atoms with Crippen molar-refractivity contribution < 1.29 is 19.4 Å². The molecule has 0 amide bonds. The van der Waals surface area contributed by atoms with Crippen molar-refractivity contribution in [2.75, 3.05) is 6.61 Å². The molecule has 0 bridgehead atoms. The van der Waals surface area contributed by atoms with Crippen LogP contribution >= 0.6 is 0 Å². The van der Waals surface area contributed by atoms with Crippen molar-refractivity contribution in [1.29, 1.82) is 0 Å². The van der Waals surface area contributed by atoms with Crippen LogP contribution < -0.4 is 0 Å². The molecular weight excluding hydrogens is 268 g/mol. The highest BCUT2D eigenvalue weighted by molar-refractivity contribution is 6.05. The monoisotopic (exact) mass is 284 g/mol. The third-order valence-electron chi connectivity index (χ3n) is 3.17. The lowest BCUT2D eigenvalue weighted by Crippen LogP contribution is -2.09. The summed E-state index contributed by atoms with van der Waals surface area (Å²) in [6, 6.07) is 10.7. The quantitative estimate of drug-likeness (QED) is 0.676. The van der Waals surface area contributed by atoms with Crippen molar-refractivity contribution in [1.82, 2.24) is 0 Å². The predicted octanol–water partition coefficient (Wildman–Crippen LogP) is 3.20. The van der Waals surface area contributed by atoms with Gasteiger partial charge in [0.2, 0.25) is 0 Å². The van der Waals surface area contributed by atoms with Crippen LogP contribution in [0.1, 0.15) is 22.8 Å². The molecule has 4 heteroatoms. The minimum Gasteiger partial charge on any atom is -0.478 e. The number of benzene rings is 2. The predicted molar refractivity (Wildman–Crippen MR) is 80.4 cm³/mol. The van der Waals surface area contributed by atoms with Crippen LogP contribution in [0.15, 0.2) is 48.6 Å². The van der Waals surface area contributed by atoms with Crippen molar-refractivity contribution in [3.63, 3.8) is 0 Å². The largest absolute Gasteiger partial charge is 0.478 e. The average Bonchev–Trinajstić information content (AvgIpc) is 2.46. The topological polar surface area (TPSA) is 63.6 Å². The van der Waals surface area contributed by atoms with E-state index in [4.69, 9.17) is 4.74 Å². The normalized spacial score (nSPS) is 10.3. The highest BCUT2D eigenvalue weighted by atomic mass is 16.5. The van der Waals surface area contributed by atoms with Gasteiger partial charge in [-0.05, 0) is 29.3 Å². The number of ether oxygens (including phenoxy) is 1. The maximum absolute atomic E-state index is 11.4. The zero-order valence-electron chi connectivity index (χ0n) is 11.8. The minimum atomic E-state index is -0.966. The van der Waals surface area contributed by atoms with E-state index in [1.54, 1.807) is 19.1 Å². The van der Waals surface area contributed by atoms with E-state index in [1.165, 1.54) is 0 Å². The number of carbonyl (C=O) groups is 2. The van der Waals surface area contributed by atoms with Crippen LogP contribution in [0.3, 0.4) is 0 Å². The third kappa shape index (κ3) is 3.28. The number of carboxylic acid groups (broad SMARTS) is 1. The Morgan fingerprint density at radius 1 is 1.19 bits per heavy atom. The molecule has 0 saturated heterocycles. The summed E-state index contributed by atoms with van der Waals surface area (Å²) in [7, 11) is 0. The summed E-state index contributed by atoms with van der Waals surface area (Å²) < 4.78 is 5.07. The van der Waals surface area contributed by atoms with Gasteiger partial charge in [0.15, 0.2) is 0 Å². The molecular formula is C17H16O4. The molecule has 0 aromatic heterocycles. The van der Waals surface area contributed by atoms with Crippen molar-refractivity contribution in [2.24, 2.45) is 0 Å². The average molecular weight is 284 g/mol. The van der Waals surface area contributed by atoms with Gasteiger partial charge >= 0.3 is 11.9 Å². The molecule has 0 spiro atoms. The zero-order chi connectivity index (χ0) is 15.4. The molecule has 0 aliphatic carbocycles. The first kappa shape index (κ1) is 14.8. The number of aromatic carboxylic acids is 1. The molecule has 4 nitrogen and oxygen atoms in total. The molecule has 0 aliphatic rings. The third-order valence-corrected chi connectivity index (χ3v) is 3.17. The van der Waals surface area contributed by atoms with E-state index in [1.807, 2.05) is 24.3 Å². The maximum atomic E-state index is 11.4. The zero-order valence-corrected chi connectivity index (χ0v) is 11.8. The summed E-state index contributed by atoms with van der Waals surface area (Å²) in [5, 5.41) is 10.8. The smallest absolute Gasteiger partial charge is 0.336 e. The van der Waals surface area contributed by atoms with Crippen molar-refractivity contribution >= 4 is 22.7 Å². The Morgan fingerprint density at radius 2 is 1.86 bits per heavy atom.